The summed E-state index contributed by atoms with van der Waals surface area (Å²) in [4.78, 5) is 20.1. The van der Waals surface area contributed by atoms with E-state index in [1.54, 1.807) is 6.92 Å². The van der Waals surface area contributed by atoms with Crippen LogP contribution < -0.4 is 0 Å². The SMILES string of the molecule is CC(CC(=O)O)n1cc([N+](=O)[O-])cn1. The topological polar surface area (TPSA) is 98.3 Å². The molecule has 1 unspecified atom stereocenters. The van der Waals surface area contributed by atoms with Crippen LogP contribution in [0.3, 0.4) is 0 Å². The van der Waals surface area contributed by atoms with Gasteiger partial charge in [0.2, 0.25) is 0 Å². The monoisotopic (exact) mass is 199 g/mol. The molecule has 0 aromatic carbocycles. The molecular weight excluding hydrogens is 190 g/mol. The summed E-state index contributed by atoms with van der Waals surface area (Å²) in [5.41, 5.74) is -0.137. The number of hydrogen-bond acceptors (Lipinski definition) is 4. The molecule has 0 aliphatic carbocycles. The molecule has 0 saturated carbocycles. The van der Waals surface area contributed by atoms with Crippen LogP contribution in [0, 0.1) is 10.1 Å². The molecule has 7 nitrogen and oxygen atoms in total. The minimum Gasteiger partial charge on any atom is -0.481 e. The summed E-state index contributed by atoms with van der Waals surface area (Å²) in [5, 5.41) is 22.5. The number of carboxylic acids is 1. The van der Waals surface area contributed by atoms with Crippen molar-refractivity contribution in [2.45, 2.75) is 19.4 Å². The van der Waals surface area contributed by atoms with Gasteiger partial charge in [0.25, 0.3) is 0 Å². The second-order valence-electron chi connectivity index (χ2n) is 2.88. The molecular formula is C7H9N3O4. The third kappa shape index (κ3) is 2.28. The Kier molecular flexibility index (Phi) is 2.80. The van der Waals surface area contributed by atoms with E-state index >= 15 is 0 Å². The van der Waals surface area contributed by atoms with E-state index in [2.05, 4.69) is 5.10 Å². The molecule has 1 atom stereocenters. The van der Waals surface area contributed by atoms with Crippen LogP contribution in [0.15, 0.2) is 12.4 Å². The number of rotatable bonds is 4. The van der Waals surface area contributed by atoms with Crippen molar-refractivity contribution < 1.29 is 14.8 Å². The minimum atomic E-state index is -0.962. The molecule has 1 aromatic rings. The maximum absolute atomic E-state index is 10.3. The Bertz CT molecular complexity index is 360. The van der Waals surface area contributed by atoms with Gasteiger partial charge < -0.3 is 5.11 Å². The van der Waals surface area contributed by atoms with E-state index < -0.39 is 10.9 Å². The number of nitrogens with zero attached hydrogens (tertiary/aromatic N) is 3. The first kappa shape index (κ1) is 10.2. The zero-order chi connectivity index (χ0) is 10.7. The molecule has 0 aliphatic heterocycles. The van der Waals surface area contributed by atoms with Gasteiger partial charge in [-0.05, 0) is 6.92 Å². The molecule has 76 valence electrons. The molecule has 0 spiro atoms. The van der Waals surface area contributed by atoms with Crippen LogP contribution >= 0.6 is 0 Å². The van der Waals surface area contributed by atoms with Crippen LogP contribution in [0.4, 0.5) is 5.69 Å². The van der Waals surface area contributed by atoms with Gasteiger partial charge in [0.15, 0.2) is 0 Å². The predicted octanol–water partition coefficient (Wildman–Crippen LogP) is 0.827. The normalized spacial score (nSPS) is 12.4. The zero-order valence-corrected chi connectivity index (χ0v) is 7.45. The predicted molar refractivity (Wildman–Crippen MR) is 45.8 cm³/mol. The average Bonchev–Trinajstić information content (AvgIpc) is 2.50. The second-order valence-corrected chi connectivity index (χ2v) is 2.88. The standard InChI is InChI=1S/C7H9N3O4/c1-5(2-7(11)12)9-4-6(3-8-9)10(13)14/h3-5H,2H2,1H3,(H,11,12). The van der Waals surface area contributed by atoms with Crippen LogP contribution in [-0.4, -0.2) is 25.8 Å². The van der Waals surface area contributed by atoms with Crippen molar-refractivity contribution in [1.29, 1.82) is 0 Å². The van der Waals surface area contributed by atoms with E-state index in [1.165, 1.54) is 10.9 Å². The summed E-state index contributed by atoms with van der Waals surface area (Å²) >= 11 is 0. The lowest BCUT2D eigenvalue weighted by molar-refractivity contribution is -0.385. The largest absolute Gasteiger partial charge is 0.481 e. The van der Waals surface area contributed by atoms with Gasteiger partial charge in [0, 0.05) is 0 Å². The molecule has 0 radical (unpaired) electrons. The molecule has 0 fully saturated rings. The highest BCUT2D eigenvalue weighted by molar-refractivity contribution is 5.67. The van der Waals surface area contributed by atoms with Crippen molar-refractivity contribution in [3.63, 3.8) is 0 Å². The fourth-order valence-electron chi connectivity index (χ4n) is 1.01. The summed E-state index contributed by atoms with van der Waals surface area (Å²) in [6.45, 7) is 1.63. The number of carboxylic acid groups (broad SMARTS) is 1. The van der Waals surface area contributed by atoms with Gasteiger partial charge in [-0.15, -0.1) is 0 Å². The van der Waals surface area contributed by atoms with E-state index in [0.717, 1.165) is 6.20 Å². The highest BCUT2D eigenvalue weighted by Gasteiger charge is 2.14. The number of nitro groups is 1. The summed E-state index contributed by atoms with van der Waals surface area (Å²) in [6.07, 6.45) is 2.20. The summed E-state index contributed by atoms with van der Waals surface area (Å²) in [7, 11) is 0. The minimum absolute atomic E-state index is 0.112. The Labute approximate surface area is 79.1 Å². The van der Waals surface area contributed by atoms with Crippen molar-refractivity contribution in [2.24, 2.45) is 0 Å². The Balaban J connectivity index is 2.76. The molecule has 1 rings (SSSR count). The number of aromatic nitrogens is 2. The Morgan fingerprint density at radius 2 is 2.50 bits per heavy atom. The number of carbonyl (C=O) groups is 1. The van der Waals surface area contributed by atoms with Gasteiger partial charge in [-0.25, -0.2) is 0 Å². The van der Waals surface area contributed by atoms with E-state index in [0.29, 0.717) is 0 Å². The first-order valence-electron chi connectivity index (χ1n) is 3.91. The lowest BCUT2D eigenvalue weighted by Gasteiger charge is -2.07. The molecule has 14 heavy (non-hydrogen) atoms. The summed E-state index contributed by atoms with van der Waals surface area (Å²) in [6, 6.07) is -0.388. The van der Waals surface area contributed by atoms with Crippen LogP contribution in [0.1, 0.15) is 19.4 Å². The maximum atomic E-state index is 10.3. The molecule has 1 N–H and O–H groups in total. The van der Waals surface area contributed by atoms with Crippen molar-refractivity contribution >= 4 is 11.7 Å². The smallest absolute Gasteiger partial charge is 0.307 e. The third-order valence-electron chi connectivity index (χ3n) is 1.72. The first-order chi connectivity index (χ1) is 6.50. The van der Waals surface area contributed by atoms with Crippen molar-refractivity contribution in [3.05, 3.63) is 22.5 Å². The van der Waals surface area contributed by atoms with Crippen molar-refractivity contribution in [1.82, 2.24) is 9.78 Å². The van der Waals surface area contributed by atoms with Gasteiger partial charge >= 0.3 is 11.7 Å². The lowest BCUT2D eigenvalue weighted by Crippen LogP contribution is -2.10. The van der Waals surface area contributed by atoms with E-state index in [9.17, 15) is 14.9 Å². The molecule has 1 aromatic heterocycles. The van der Waals surface area contributed by atoms with Crippen molar-refractivity contribution in [2.75, 3.05) is 0 Å². The van der Waals surface area contributed by atoms with Gasteiger partial charge in [0.05, 0.1) is 17.4 Å². The fourth-order valence-corrected chi connectivity index (χ4v) is 1.01. The van der Waals surface area contributed by atoms with E-state index in [-0.39, 0.29) is 18.2 Å². The quantitative estimate of drug-likeness (QED) is 0.571. The molecule has 0 aliphatic rings. The highest BCUT2D eigenvalue weighted by atomic mass is 16.6. The first-order valence-corrected chi connectivity index (χ1v) is 3.91. The van der Waals surface area contributed by atoms with Gasteiger partial charge in [0.1, 0.15) is 12.4 Å². The van der Waals surface area contributed by atoms with E-state index in [4.69, 9.17) is 5.11 Å². The van der Waals surface area contributed by atoms with Crippen molar-refractivity contribution in [3.8, 4) is 0 Å². The van der Waals surface area contributed by atoms with Gasteiger partial charge in [-0.3, -0.25) is 19.6 Å². The molecule has 0 saturated heterocycles. The average molecular weight is 199 g/mol. The maximum Gasteiger partial charge on any atom is 0.307 e. The molecule has 0 amide bonds. The van der Waals surface area contributed by atoms with Crippen LogP contribution in [-0.2, 0) is 4.79 Å². The van der Waals surface area contributed by atoms with Gasteiger partial charge in [-0.2, -0.15) is 5.10 Å². The Morgan fingerprint density at radius 1 is 1.86 bits per heavy atom. The van der Waals surface area contributed by atoms with Crippen LogP contribution in [0.5, 0.6) is 0 Å². The van der Waals surface area contributed by atoms with Crippen LogP contribution in [0.25, 0.3) is 0 Å². The third-order valence-corrected chi connectivity index (χ3v) is 1.72. The zero-order valence-electron chi connectivity index (χ0n) is 7.45. The number of hydrogen-bond donors (Lipinski definition) is 1. The summed E-state index contributed by atoms with van der Waals surface area (Å²) in [5.74, 6) is -0.962. The molecule has 7 heteroatoms. The Hall–Kier alpha value is -1.92. The molecule has 0 bridgehead atoms. The van der Waals surface area contributed by atoms with E-state index in [1.807, 2.05) is 0 Å². The highest BCUT2D eigenvalue weighted by Crippen LogP contribution is 2.14. The second kappa shape index (κ2) is 3.86. The Morgan fingerprint density at radius 3 is 2.93 bits per heavy atom. The summed E-state index contributed by atoms with van der Waals surface area (Å²) < 4.78 is 1.27. The van der Waals surface area contributed by atoms with Gasteiger partial charge in [-0.1, -0.05) is 0 Å². The molecule has 1 heterocycles. The number of aliphatic carboxylic acids is 1. The van der Waals surface area contributed by atoms with Crippen LogP contribution in [0.2, 0.25) is 0 Å². The fraction of sp³-hybridized carbons (Fsp3) is 0.429. The lowest BCUT2D eigenvalue weighted by atomic mass is 10.2.